The Hall–Kier alpha value is -1.03. The van der Waals surface area contributed by atoms with Gasteiger partial charge in [-0.2, -0.15) is 0 Å². The molecule has 1 aromatic heterocycles. The molecule has 1 heterocycles. The second-order valence-corrected chi connectivity index (χ2v) is 6.24. The number of aromatic nitrogens is 2. The van der Waals surface area contributed by atoms with Crippen molar-refractivity contribution in [3.05, 3.63) is 12.4 Å². The topological polar surface area (TPSA) is 39.1 Å². The van der Waals surface area contributed by atoms with E-state index in [1.807, 2.05) is 6.20 Å². The molecule has 0 aliphatic heterocycles. The third kappa shape index (κ3) is 3.30. The minimum absolute atomic E-state index is 0.298. The molecule has 2 aliphatic rings. The third-order valence-corrected chi connectivity index (χ3v) is 4.37. The lowest BCUT2D eigenvalue weighted by Gasteiger charge is -2.20. The van der Waals surface area contributed by atoms with E-state index in [1.165, 1.54) is 25.7 Å². The van der Waals surface area contributed by atoms with Crippen LogP contribution in [0.5, 0.6) is 0 Å². The summed E-state index contributed by atoms with van der Waals surface area (Å²) in [6, 6.07) is 0.298. The average Bonchev–Trinajstić information content (AvgIpc) is 3.28. The third-order valence-electron chi connectivity index (χ3n) is 4.37. The molecule has 0 saturated heterocycles. The molecule has 19 heavy (non-hydrogen) atoms. The van der Waals surface area contributed by atoms with E-state index in [-0.39, 0.29) is 0 Å². The molecule has 1 atom stereocenters. The molecule has 1 N–H and O–H groups in total. The Morgan fingerprint density at radius 2 is 2.05 bits per heavy atom. The van der Waals surface area contributed by atoms with Gasteiger partial charge >= 0.3 is 0 Å². The molecule has 2 aliphatic carbocycles. The minimum Gasteiger partial charge on any atom is -0.383 e. The highest BCUT2D eigenvalue weighted by molar-refractivity contribution is 5.27. The largest absolute Gasteiger partial charge is 0.383 e. The number of anilines is 1. The maximum Gasteiger partial charge on any atom is 0.203 e. The Morgan fingerprint density at radius 1 is 1.37 bits per heavy atom. The van der Waals surface area contributed by atoms with E-state index in [1.54, 1.807) is 7.11 Å². The monoisotopic (exact) mass is 263 g/mol. The first kappa shape index (κ1) is 13.0. The summed E-state index contributed by atoms with van der Waals surface area (Å²) in [5.41, 5.74) is 0. The number of hydrogen-bond donors (Lipinski definition) is 1. The van der Waals surface area contributed by atoms with Crippen molar-refractivity contribution in [3.8, 4) is 0 Å². The lowest BCUT2D eigenvalue weighted by Crippen LogP contribution is -2.24. The van der Waals surface area contributed by atoms with Gasteiger partial charge in [0.2, 0.25) is 5.95 Å². The van der Waals surface area contributed by atoms with Gasteiger partial charge in [0.25, 0.3) is 0 Å². The molecule has 2 saturated carbocycles. The van der Waals surface area contributed by atoms with E-state index >= 15 is 0 Å². The Balaban J connectivity index is 1.62. The number of rotatable bonds is 8. The van der Waals surface area contributed by atoms with E-state index in [9.17, 15) is 0 Å². The van der Waals surface area contributed by atoms with Crippen LogP contribution in [-0.4, -0.2) is 29.3 Å². The van der Waals surface area contributed by atoms with Crippen LogP contribution in [0.25, 0.3) is 0 Å². The fourth-order valence-corrected chi connectivity index (χ4v) is 3.07. The van der Waals surface area contributed by atoms with Crippen LogP contribution in [0.4, 0.5) is 5.95 Å². The number of nitrogens with zero attached hydrogens (tertiary/aromatic N) is 2. The van der Waals surface area contributed by atoms with E-state index in [0.29, 0.717) is 12.6 Å². The highest BCUT2D eigenvalue weighted by Gasteiger charge is 2.41. The molecule has 1 unspecified atom stereocenters. The van der Waals surface area contributed by atoms with Gasteiger partial charge in [0, 0.05) is 32.1 Å². The average molecular weight is 263 g/mol. The van der Waals surface area contributed by atoms with Crippen LogP contribution in [0.2, 0.25) is 0 Å². The molecule has 0 amide bonds. The van der Waals surface area contributed by atoms with Gasteiger partial charge < -0.3 is 14.6 Å². The van der Waals surface area contributed by atoms with Crippen molar-refractivity contribution in [3.63, 3.8) is 0 Å². The predicted octanol–water partition coefficient (Wildman–Crippen LogP) is 2.77. The number of hydrogen-bond acceptors (Lipinski definition) is 3. The van der Waals surface area contributed by atoms with Gasteiger partial charge in [-0.25, -0.2) is 4.98 Å². The normalized spacial score (nSPS) is 20.8. The Morgan fingerprint density at radius 3 is 2.63 bits per heavy atom. The van der Waals surface area contributed by atoms with Crippen LogP contribution in [0, 0.1) is 17.8 Å². The summed E-state index contributed by atoms with van der Waals surface area (Å²) in [5.74, 6) is 3.85. The smallest absolute Gasteiger partial charge is 0.203 e. The van der Waals surface area contributed by atoms with E-state index in [4.69, 9.17) is 4.74 Å². The summed E-state index contributed by atoms with van der Waals surface area (Å²) < 4.78 is 7.47. The molecule has 0 bridgehead atoms. The molecule has 1 aromatic rings. The lowest BCUT2D eigenvalue weighted by molar-refractivity contribution is 0.190. The second-order valence-electron chi connectivity index (χ2n) is 6.24. The molecule has 0 spiro atoms. The molecule has 2 fully saturated rings. The van der Waals surface area contributed by atoms with Crippen LogP contribution in [0.1, 0.15) is 32.6 Å². The predicted molar refractivity (Wildman–Crippen MR) is 76.1 cm³/mol. The summed E-state index contributed by atoms with van der Waals surface area (Å²) in [6.07, 6.45) is 9.78. The fourth-order valence-electron chi connectivity index (χ4n) is 3.07. The zero-order valence-electron chi connectivity index (χ0n) is 12.0. The minimum atomic E-state index is 0.298. The highest BCUT2D eigenvalue weighted by atomic mass is 16.5. The van der Waals surface area contributed by atoms with E-state index in [0.717, 1.165) is 30.2 Å². The Kier molecular flexibility index (Phi) is 3.78. The molecule has 0 radical (unpaired) electrons. The van der Waals surface area contributed by atoms with Crippen molar-refractivity contribution in [1.82, 2.24) is 9.55 Å². The van der Waals surface area contributed by atoms with Crippen LogP contribution in [0.15, 0.2) is 12.4 Å². The quantitative estimate of drug-likeness (QED) is 0.784. The van der Waals surface area contributed by atoms with E-state index in [2.05, 4.69) is 28.0 Å². The first-order chi connectivity index (χ1) is 9.28. The van der Waals surface area contributed by atoms with E-state index < -0.39 is 0 Å². The van der Waals surface area contributed by atoms with Gasteiger partial charge in [0.15, 0.2) is 0 Å². The van der Waals surface area contributed by atoms with Crippen LogP contribution >= 0.6 is 0 Å². The molecule has 106 valence electrons. The molecule has 0 aromatic carbocycles. The maximum atomic E-state index is 5.17. The van der Waals surface area contributed by atoms with Crippen molar-refractivity contribution in [2.24, 2.45) is 17.8 Å². The van der Waals surface area contributed by atoms with Gasteiger partial charge in [-0.15, -0.1) is 0 Å². The van der Waals surface area contributed by atoms with Gasteiger partial charge in [-0.3, -0.25) is 0 Å². The molecule has 4 heteroatoms. The highest BCUT2D eigenvalue weighted by Crippen LogP contribution is 2.50. The number of ether oxygens (including phenoxy) is 1. The fraction of sp³-hybridized carbons (Fsp3) is 0.800. The van der Waals surface area contributed by atoms with Crippen molar-refractivity contribution >= 4 is 5.95 Å². The van der Waals surface area contributed by atoms with Gasteiger partial charge in [-0.1, -0.05) is 0 Å². The zero-order chi connectivity index (χ0) is 13.2. The van der Waals surface area contributed by atoms with Crippen molar-refractivity contribution in [1.29, 1.82) is 0 Å². The van der Waals surface area contributed by atoms with Crippen molar-refractivity contribution < 1.29 is 4.74 Å². The summed E-state index contributed by atoms with van der Waals surface area (Å²) in [7, 11) is 1.74. The van der Waals surface area contributed by atoms with Crippen LogP contribution in [0.3, 0.4) is 0 Å². The number of imidazole rings is 1. The zero-order valence-corrected chi connectivity index (χ0v) is 12.0. The second kappa shape index (κ2) is 5.53. The first-order valence-corrected chi connectivity index (χ1v) is 7.54. The van der Waals surface area contributed by atoms with Crippen LogP contribution in [-0.2, 0) is 11.3 Å². The molecular formula is C15H25N3O. The standard InChI is InChI=1S/C15H25N3O/c1-11(10-19-2)17-15-16-7-8-18(15)9-14(12-3-4-12)13-5-6-13/h7-8,11-14H,3-6,9-10H2,1-2H3,(H,16,17). The van der Waals surface area contributed by atoms with Crippen molar-refractivity contribution in [2.75, 3.05) is 19.0 Å². The van der Waals surface area contributed by atoms with Gasteiger partial charge in [0.05, 0.1) is 6.61 Å². The lowest BCUT2D eigenvalue weighted by atomic mass is 9.98. The molecule has 3 rings (SSSR count). The maximum absolute atomic E-state index is 5.17. The van der Waals surface area contributed by atoms with Crippen LogP contribution < -0.4 is 5.32 Å². The Labute approximate surface area is 115 Å². The number of methoxy groups -OCH3 is 1. The number of nitrogens with one attached hydrogen (secondary N) is 1. The van der Waals surface area contributed by atoms with Gasteiger partial charge in [0.1, 0.15) is 0 Å². The molecule has 4 nitrogen and oxygen atoms in total. The molecular weight excluding hydrogens is 238 g/mol. The summed E-state index contributed by atoms with van der Waals surface area (Å²) >= 11 is 0. The summed E-state index contributed by atoms with van der Waals surface area (Å²) in [4.78, 5) is 4.45. The summed E-state index contributed by atoms with van der Waals surface area (Å²) in [5, 5.41) is 3.44. The first-order valence-electron chi connectivity index (χ1n) is 7.54. The van der Waals surface area contributed by atoms with Gasteiger partial charge in [-0.05, 0) is 50.4 Å². The van der Waals surface area contributed by atoms with Crippen molar-refractivity contribution in [2.45, 2.75) is 45.2 Å². The SMILES string of the molecule is COCC(C)Nc1nccn1CC(C1CC1)C1CC1. The summed E-state index contributed by atoms with van der Waals surface area (Å²) in [6.45, 7) is 3.97. The Bertz CT molecular complexity index is 397.